The molecule has 2 heterocycles. The van der Waals surface area contributed by atoms with Gasteiger partial charge in [-0.05, 0) is 64.5 Å². The third-order valence-corrected chi connectivity index (χ3v) is 6.69. The fourth-order valence-corrected chi connectivity index (χ4v) is 5.04. The number of unbranched alkanes of at least 4 members (excludes halogenated alkanes) is 1. The number of pyridine rings is 1. The molecular weight excluding hydrogens is 400 g/mol. The van der Waals surface area contributed by atoms with Crippen molar-refractivity contribution < 1.29 is 4.74 Å². The van der Waals surface area contributed by atoms with Crippen LogP contribution < -0.4 is 20.9 Å². The van der Waals surface area contributed by atoms with Crippen LogP contribution in [0.2, 0.25) is 0 Å². The highest BCUT2D eigenvalue weighted by Crippen LogP contribution is 2.46. The lowest BCUT2D eigenvalue weighted by Gasteiger charge is -2.40. The summed E-state index contributed by atoms with van der Waals surface area (Å²) in [5.74, 6) is 1.87. The first-order valence-electron chi connectivity index (χ1n) is 12.1. The van der Waals surface area contributed by atoms with Gasteiger partial charge in [0.05, 0.1) is 6.04 Å². The first-order valence-corrected chi connectivity index (χ1v) is 12.1. The molecule has 1 fully saturated rings. The highest BCUT2D eigenvalue weighted by Gasteiger charge is 2.43. The Bertz CT molecular complexity index is 991. The average Bonchev–Trinajstić information content (AvgIpc) is 3.22. The van der Waals surface area contributed by atoms with Crippen LogP contribution in [0.1, 0.15) is 69.2 Å². The summed E-state index contributed by atoms with van der Waals surface area (Å²) in [6, 6.07) is 14.0. The molecule has 0 bridgehead atoms. The van der Waals surface area contributed by atoms with E-state index in [9.17, 15) is 4.79 Å². The number of guanidine groups is 1. The van der Waals surface area contributed by atoms with E-state index >= 15 is 0 Å². The first kappa shape index (κ1) is 22.4. The van der Waals surface area contributed by atoms with Gasteiger partial charge >= 0.3 is 0 Å². The Kier molecular flexibility index (Phi) is 7.18. The molecule has 1 aromatic carbocycles. The van der Waals surface area contributed by atoms with E-state index in [0.29, 0.717) is 0 Å². The molecule has 2 aliphatic rings. The lowest BCUT2D eigenvalue weighted by molar-refractivity contribution is 0.0396. The molecule has 4 rings (SSSR count). The van der Waals surface area contributed by atoms with Gasteiger partial charge in [-0.1, -0.05) is 24.3 Å². The maximum absolute atomic E-state index is 12.0. The molecule has 6 heteroatoms. The van der Waals surface area contributed by atoms with Crippen molar-refractivity contribution in [1.29, 1.82) is 0 Å². The fraction of sp³-hybridized carbons (Fsp3) is 0.538. The summed E-state index contributed by atoms with van der Waals surface area (Å²) in [5.41, 5.74) is 2.26. The summed E-state index contributed by atoms with van der Waals surface area (Å²) in [7, 11) is 0. The Balaban J connectivity index is 1.39. The minimum Gasteiger partial charge on any atom is -0.487 e. The quantitative estimate of drug-likeness (QED) is 0.385. The van der Waals surface area contributed by atoms with Gasteiger partial charge in [0, 0.05) is 43.4 Å². The predicted octanol–water partition coefficient (Wildman–Crippen LogP) is 4.33. The van der Waals surface area contributed by atoms with Gasteiger partial charge in [0.2, 0.25) is 0 Å². The zero-order chi connectivity index (χ0) is 22.4. The number of nitrogens with one attached hydrogen (secondary N) is 2. The van der Waals surface area contributed by atoms with Crippen molar-refractivity contribution >= 4 is 5.96 Å². The molecule has 2 N–H and O–H groups in total. The van der Waals surface area contributed by atoms with Crippen LogP contribution in [-0.2, 0) is 6.54 Å². The third-order valence-electron chi connectivity index (χ3n) is 6.69. The van der Waals surface area contributed by atoms with E-state index in [1.807, 2.05) is 23.6 Å². The Hall–Kier alpha value is -2.76. The first-order chi connectivity index (χ1) is 15.6. The second kappa shape index (κ2) is 10.2. The lowest BCUT2D eigenvalue weighted by atomic mass is 9.86. The maximum atomic E-state index is 12.0. The van der Waals surface area contributed by atoms with E-state index in [0.717, 1.165) is 69.1 Å². The number of aliphatic imine (C=N–C) groups is 1. The SMILES string of the molecule is CCNC(=NCCCCn1c(C)cccc1=O)NC1CC2(CCCC2)Oc2ccccc21. The highest BCUT2D eigenvalue weighted by molar-refractivity contribution is 5.80. The van der Waals surface area contributed by atoms with E-state index < -0.39 is 0 Å². The van der Waals surface area contributed by atoms with Crippen LogP contribution in [0.25, 0.3) is 0 Å². The van der Waals surface area contributed by atoms with Crippen LogP contribution in [0.5, 0.6) is 5.75 Å². The van der Waals surface area contributed by atoms with Gasteiger partial charge in [-0.25, -0.2) is 0 Å². The zero-order valence-corrected chi connectivity index (χ0v) is 19.4. The number of rotatable bonds is 7. The number of hydrogen-bond acceptors (Lipinski definition) is 3. The largest absolute Gasteiger partial charge is 0.487 e. The number of benzene rings is 1. The predicted molar refractivity (Wildman–Crippen MR) is 129 cm³/mol. The monoisotopic (exact) mass is 436 g/mol. The molecule has 1 spiro atoms. The molecule has 32 heavy (non-hydrogen) atoms. The van der Waals surface area contributed by atoms with Crippen LogP contribution in [0, 0.1) is 6.92 Å². The van der Waals surface area contributed by atoms with Crippen LogP contribution >= 0.6 is 0 Å². The lowest BCUT2D eigenvalue weighted by Crippen LogP contribution is -2.46. The molecule has 0 radical (unpaired) electrons. The molecule has 172 valence electrons. The summed E-state index contributed by atoms with van der Waals surface area (Å²) in [6.45, 7) is 6.36. The summed E-state index contributed by atoms with van der Waals surface area (Å²) in [4.78, 5) is 16.9. The van der Waals surface area contributed by atoms with Crippen molar-refractivity contribution in [3.63, 3.8) is 0 Å². The molecule has 0 saturated heterocycles. The molecule has 2 aromatic rings. The van der Waals surface area contributed by atoms with Gasteiger partial charge in [-0.3, -0.25) is 9.79 Å². The summed E-state index contributed by atoms with van der Waals surface area (Å²) < 4.78 is 8.34. The van der Waals surface area contributed by atoms with Crippen molar-refractivity contribution in [3.05, 3.63) is 64.1 Å². The second-order valence-corrected chi connectivity index (χ2v) is 9.06. The van der Waals surface area contributed by atoms with Gasteiger partial charge in [-0.2, -0.15) is 0 Å². The zero-order valence-electron chi connectivity index (χ0n) is 19.4. The minimum atomic E-state index is -0.0376. The van der Waals surface area contributed by atoms with E-state index in [1.54, 1.807) is 6.07 Å². The molecule has 1 aromatic heterocycles. The number of aromatic nitrogens is 1. The molecule has 1 unspecified atom stereocenters. The molecule has 1 atom stereocenters. The van der Waals surface area contributed by atoms with Crippen molar-refractivity contribution in [1.82, 2.24) is 15.2 Å². The number of hydrogen-bond donors (Lipinski definition) is 2. The number of aryl methyl sites for hydroxylation is 1. The molecule has 1 aliphatic heterocycles. The fourth-order valence-electron chi connectivity index (χ4n) is 5.04. The highest BCUT2D eigenvalue weighted by atomic mass is 16.5. The summed E-state index contributed by atoms with van der Waals surface area (Å²) in [6.07, 6.45) is 7.59. The van der Waals surface area contributed by atoms with Gasteiger partial charge in [0.15, 0.2) is 5.96 Å². The van der Waals surface area contributed by atoms with Crippen LogP contribution in [0.15, 0.2) is 52.3 Å². The van der Waals surface area contributed by atoms with Gasteiger partial charge in [-0.15, -0.1) is 0 Å². The number of nitrogens with zero attached hydrogens (tertiary/aromatic N) is 2. The molecule has 0 amide bonds. The minimum absolute atomic E-state index is 0.0376. The van der Waals surface area contributed by atoms with Gasteiger partial charge in [0.25, 0.3) is 5.56 Å². The Labute approximate surface area is 191 Å². The number of fused-ring (bicyclic) bond motifs is 1. The standard InChI is InChI=1S/C26H36N4O2/c1-3-27-25(28-17-8-9-18-30-20(2)11-10-14-24(30)31)29-22-19-26(15-6-7-16-26)32-23-13-5-4-12-21(22)23/h4-5,10-14,22H,3,6-9,15-19H2,1-2H3,(H2,27,28,29). The van der Waals surface area contributed by atoms with Crippen LogP contribution in [0.3, 0.4) is 0 Å². The van der Waals surface area contributed by atoms with Crippen molar-refractivity contribution in [3.8, 4) is 5.75 Å². The van der Waals surface area contributed by atoms with Crippen molar-refractivity contribution in [2.24, 2.45) is 4.99 Å². The Morgan fingerprint density at radius 1 is 1.16 bits per heavy atom. The van der Waals surface area contributed by atoms with E-state index in [4.69, 9.17) is 9.73 Å². The van der Waals surface area contributed by atoms with Crippen molar-refractivity contribution in [2.75, 3.05) is 13.1 Å². The summed E-state index contributed by atoms with van der Waals surface area (Å²) in [5, 5.41) is 7.10. The molecular formula is C26H36N4O2. The van der Waals surface area contributed by atoms with E-state index in [2.05, 4.69) is 41.8 Å². The van der Waals surface area contributed by atoms with Crippen LogP contribution in [0.4, 0.5) is 0 Å². The normalized spacial score (nSPS) is 19.4. The summed E-state index contributed by atoms with van der Waals surface area (Å²) >= 11 is 0. The van der Waals surface area contributed by atoms with E-state index in [1.165, 1.54) is 18.4 Å². The molecule has 1 aliphatic carbocycles. The smallest absolute Gasteiger partial charge is 0.250 e. The number of ether oxygens (including phenoxy) is 1. The molecule has 1 saturated carbocycles. The van der Waals surface area contributed by atoms with Gasteiger partial charge in [0.1, 0.15) is 11.4 Å². The Morgan fingerprint density at radius 2 is 1.97 bits per heavy atom. The maximum Gasteiger partial charge on any atom is 0.250 e. The molecule has 6 nitrogen and oxygen atoms in total. The average molecular weight is 437 g/mol. The van der Waals surface area contributed by atoms with E-state index in [-0.39, 0.29) is 17.2 Å². The van der Waals surface area contributed by atoms with Gasteiger partial charge < -0.3 is 19.9 Å². The van der Waals surface area contributed by atoms with Crippen LogP contribution in [-0.4, -0.2) is 29.2 Å². The van der Waals surface area contributed by atoms with Crippen molar-refractivity contribution in [2.45, 2.75) is 77.0 Å². The second-order valence-electron chi connectivity index (χ2n) is 9.06. The number of para-hydroxylation sites is 1. The third kappa shape index (κ3) is 5.17. The topological polar surface area (TPSA) is 67.7 Å². The Morgan fingerprint density at radius 3 is 2.75 bits per heavy atom.